The maximum atomic E-state index is 13.5. The predicted octanol–water partition coefficient (Wildman–Crippen LogP) is 7.16. The Morgan fingerprint density at radius 3 is 1.88 bits per heavy atom. The predicted molar refractivity (Wildman–Crippen MR) is 166 cm³/mol. The van der Waals surface area contributed by atoms with Gasteiger partial charge in [-0.15, -0.1) is 0 Å². The van der Waals surface area contributed by atoms with E-state index >= 15 is 0 Å². The second-order valence-electron chi connectivity index (χ2n) is 10.7. The van der Waals surface area contributed by atoms with Gasteiger partial charge in [0.1, 0.15) is 6.10 Å². The summed E-state index contributed by atoms with van der Waals surface area (Å²) in [6.45, 7) is 12.0. The topological polar surface area (TPSA) is 88.7 Å². The SMILES string of the molecule is CCCN(CCC)C(CC)C(OC(=O)c1ccc(C)cc1)c1ccc(OC(=O)c2ccc(C)cc2)c2[nH]c(=O)ccc12. The van der Waals surface area contributed by atoms with E-state index < -0.39 is 18.0 Å². The van der Waals surface area contributed by atoms with Crippen molar-refractivity contribution >= 4 is 22.8 Å². The Balaban J connectivity index is 1.81. The highest BCUT2D eigenvalue weighted by atomic mass is 16.5. The van der Waals surface area contributed by atoms with Crippen LogP contribution in [0.3, 0.4) is 0 Å². The quantitative estimate of drug-likeness (QED) is 0.144. The third kappa shape index (κ3) is 7.15. The van der Waals surface area contributed by atoms with Crippen LogP contribution in [-0.2, 0) is 4.74 Å². The van der Waals surface area contributed by atoms with Gasteiger partial charge in [-0.05, 0) is 82.6 Å². The Morgan fingerprint density at radius 2 is 1.33 bits per heavy atom. The van der Waals surface area contributed by atoms with Crippen LogP contribution in [0.1, 0.15) is 83.5 Å². The number of esters is 2. The third-order valence-corrected chi connectivity index (χ3v) is 7.47. The minimum absolute atomic E-state index is 0.115. The summed E-state index contributed by atoms with van der Waals surface area (Å²) in [6.07, 6.45) is 2.01. The van der Waals surface area contributed by atoms with Crippen molar-refractivity contribution in [2.75, 3.05) is 13.1 Å². The molecule has 0 spiro atoms. The van der Waals surface area contributed by atoms with Gasteiger partial charge < -0.3 is 14.5 Å². The average molecular weight is 569 g/mol. The summed E-state index contributed by atoms with van der Waals surface area (Å²) in [5.74, 6) is -0.717. The fourth-order valence-electron chi connectivity index (χ4n) is 5.33. The number of aromatic amines is 1. The second-order valence-corrected chi connectivity index (χ2v) is 10.7. The number of hydrogen-bond donors (Lipinski definition) is 1. The second kappa shape index (κ2) is 14.1. The first-order valence-electron chi connectivity index (χ1n) is 14.7. The van der Waals surface area contributed by atoms with E-state index in [1.807, 2.05) is 44.2 Å². The number of carbonyl (C=O) groups excluding carboxylic acids is 2. The number of H-pyrrole nitrogens is 1. The van der Waals surface area contributed by atoms with Crippen LogP contribution in [0, 0.1) is 13.8 Å². The molecule has 220 valence electrons. The number of rotatable bonds is 12. The van der Waals surface area contributed by atoms with E-state index in [1.54, 1.807) is 36.4 Å². The van der Waals surface area contributed by atoms with E-state index in [-0.39, 0.29) is 17.4 Å². The number of benzene rings is 3. The van der Waals surface area contributed by atoms with E-state index in [0.29, 0.717) is 22.0 Å². The largest absolute Gasteiger partial charge is 0.452 e. The average Bonchev–Trinajstić information content (AvgIpc) is 2.98. The van der Waals surface area contributed by atoms with E-state index in [2.05, 4.69) is 30.7 Å². The summed E-state index contributed by atoms with van der Waals surface area (Å²) in [5, 5.41) is 0.650. The van der Waals surface area contributed by atoms with Gasteiger partial charge in [0.25, 0.3) is 0 Å². The number of carbonyl (C=O) groups is 2. The first-order valence-corrected chi connectivity index (χ1v) is 14.7. The van der Waals surface area contributed by atoms with Gasteiger partial charge in [0.05, 0.1) is 22.7 Å². The highest BCUT2D eigenvalue weighted by Gasteiger charge is 2.32. The molecule has 7 heteroatoms. The van der Waals surface area contributed by atoms with Crippen LogP contribution in [0.25, 0.3) is 10.9 Å². The number of nitrogens with one attached hydrogen (secondary N) is 1. The van der Waals surface area contributed by atoms with Gasteiger partial charge in [0, 0.05) is 17.0 Å². The van der Waals surface area contributed by atoms with E-state index in [9.17, 15) is 14.4 Å². The zero-order chi connectivity index (χ0) is 30.2. The maximum absolute atomic E-state index is 13.5. The summed E-state index contributed by atoms with van der Waals surface area (Å²) >= 11 is 0. The van der Waals surface area contributed by atoms with Crippen molar-refractivity contribution in [1.29, 1.82) is 0 Å². The van der Waals surface area contributed by atoms with Gasteiger partial charge in [-0.25, -0.2) is 9.59 Å². The Morgan fingerprint density at radius 1 is 0.762 bits per heavy atom. The standard InChI is InChI=1S/C35H40N2O5/c1-6-21-37(22-7-2)29(8-3)33(42-35(40)26-15-11-24(5)12-16-26)28-17-19-30(32-27(28)18-20-31(38)36-32)41-34(39)25-13-9-23(4)10-14-25/h9-20,29,33H,6-8,21-22H2,1-5H3,(H,36,38). The molecule has 0 fully saturated rings. The molecule has 0 saturated carbocycles. The smallest absolute Gasteiger partial charge is 0.343 e. The first-order chi connectivity index (χ1) is 20.2. The molecule has 3 aromatic carbocycles. The van der Waals surface area contributed by atoms with E-state index in [1.165, 1.54) is 6.07 Å². The molecule has 1 N–H and O–H groups in total. The fraction of sp³-hybridized carbons (Fsp3) is 0.343. The van der Waals surface area contributed by atoms with Crippen molar-refractivity contribution in [2.45, 2.75) is 66.0 Å². The highest BCUT2D eigenvalue weighted by Crippen LogP contribution is 2.36. The van der Waals surface area contributed by atoms with Crippen LogP contribution in [0.5, 0.6) is 5.75 Å². The number of pyridine rings is 1. The highest BCUT2D eigenvalue weighted by molar-refractivity contribution is 5.95. The number of nitrogens with zero attached hydrogens (tertiary/aromatic N) is 1. The lowest BCUT2D eigenvalue weighted by Crippen LogP contribution is -2.42. The Labute approximate surface area is 247 Å². The molecule has 1 heterocycles. The summed E-state index contributed by atoms with van der Waals surface area (Å²) in [7, 11) is 0. The molecular formula is C35H40N2O5. The van der Waals surface area contributed by atoms with Crippen LogP contribution in [-0.4, -0.2) is 41.0 Å². The molecule has 2 atom stereocenters. The number of aryl methyl sites for hydroxylation is 2. The van der Waals surface area contributed by atoms with E-state index in [0.717, 1.165) is 49.0 Å². The monoisotopic (exact) mass is 568 g/mol. The normalized spacial score (nSPS) is 12.7. The molecule has 0 aliphatic rings. The van der Waals surface area contributed by atoms with Crippen molar-refractivity contribution in [3.63, 3.8) is 0 Å². The van der Waals surface area contributed by atoms with Crippen molar-refractivity contribution < 1.29 is 19.1 Å². The van der Waals surface area contributed by atoms with Crippen LogP contribution >= 0.6 is 0 Å². The lowest BCUT2D eigenvalue weighted by Gasteiger charge is -2.36. The minimum Gasteiger partial charge on any atom is -0.452 e. The molecule has 4 rings (SSSR count). The van der Waals surface area contributed by atoms with Gasteiger partial charge in [0.2, 0.25) is 5.56 Å². The fourth-order valence-corrected chi connectivity index (χ4v) is 5.33. The lowest BCUT2D eigenvalue weighted by atomic mass is 9.94. The minimum atomic E-state index is -0.642. The summed E-state index contributed by atoms with van der Waals surface area (Å²) in [4.78, 5) is 44.2. The summed E-state index contributed by atoms with van der Waals surface area (Å²) < 4.78 is 12.1. The number of hydrogen-bond acceptors (Lipinski definition) is 6. The molecule has 0 saturated heterocycles. The number of fused-ring (bicyclic) bond motifs is 1. The maximum Gasteiger partial charge on any atom is 0.343 e. The summed E-state index contributed by atoms with van der Waals surface area (Å²) in [6, 6.07) is 21.0. The van der Waals surface area contributed by atoms with Gasteiger partial charge in [-0.3, -0.25) is 9.69 Å². The molecule has 0 bridgehead atoms. The summed E-state index contributed by atoms with van der Waals surface area (Å²) in [5.41, 5.74) is 3.75. The zero-order valence-electron chi connectivity index (χ0n) is 25.1. The molecule has 2 unspecified atom stereocenters. The number of aromatic nitrogens is 1. The Hall–Kier alpha value is -4.23. The molecule has 0 amide bonds. The molecule has 42 heavy (non-hydrogen) atoms. The molecule has 0 aliphatic carbocycles. The van der Waals surface area contributed by atoms with Gasteiger partial charge in [-0.1, -0.05) is 62.2 Å². The Bertz CT molecular complexity index is 1570. The van der Waals surface area contributed by atoms with Crippen molar-refractivity contribution in [2.24, 2.45) is 0 Å². The van der Waals surface area contributed by atoms with Crippen LogP contribution in [0.15, 0.2) is 77.6 Å². The lowest BCUT2D eigenvalue weighted by molar-refractivity contribution is -0.00413. The van der Waals surface area contributed by atoms with Gasteiger partial charge in [-0.2, -0.15) is 0 Å². The molecule has 0 radical (unpaired) electrons. The van der Waals surface area contributed by atoms with Crippen molar-refractivity contribution in [1.82, 2.24) is 9.88 Å². The number of ether oxygens (including phenoxy) is 2. The molecular weight excluding hydrogens is 528 g/mol. The van der Waals surface area contributed by atoms with Gasteiger partial charge >= 0.3 is 11.9 Å². The van der Waals surface area contributed by atoms with E-state index in [4.69, 9.17) is 9.47 Å². The van der Waals surface area contributed by atoms with Crippen molar-refractivity contribution in [3.05, 3.63) is 111 Å². The van der Waals surface area contributed by atoms with Gasteiger partial charge in [0.15, 0.2) is 5.75 Å². The van der Waals surface area contributed by atoms with Crippen LogP contribution in [0.2, 0.25) is 0 Å². The molecule has 4 aromatic rings. The van der Waals surface area contributed by atoms with Crippen LogP contribution < -0.4 is 10.3 Å². The van der Waals surface area contributed by atoms with Crippen LogP contribution in [0.4, 0.5) is 0 Å². The molecule has 0 aliphatic heterocycles. The first kappa shape index (κ1) is 30.7. The zero-order valence-corrected chi connectivity index (χ0v) is 25.1. The molecule has 1 aromatic heterocycles. The van der Waals surface area contributed by atoms with Crippen molar-refractivity contribution in [3.8, 4) is 5.75 Å². The molecule has 7 nitrogen and oxygen atoms in total. The Kier molecular flexibility index (Phi) is 10.3. The third-order valence-electron chi connectivity index (χ3n) is 7.47.